The fourth-order valence-electron chi connectivity index (χ4n) is 3.24. The molecule has 0 unspecified atom stereocenters. The number of nitrogens with zero attached hydrogens (tertiary/aromatic N) is 1. The first-order valence-electron chi connectivity index (χ1n) is 7.30. The maximum absolute atomic E-state index is 12.5. The largest absolute Gasteiger partial charge is 0.497 e. The third-order valence-electron chi connectivity index (χ3n) is 4.50. The molecule has 108 valence electrons. The summed E-state index contributed by atoms with van der Waals surface area (Å²) in [6, 6.07) is 8.01. The molecule has 0 spiro atoms. The van der Waals surface area contributed by atoms with Crippen molar-refractivity contribution in [3.8, 4) is 5.75 Å². The Balaban J connectivity index is 1.67. The van der Waals surface area contributed by atoms with E-state index in [0.29, 0.717) is 5.92 Å². The van der Waals surface area contributed by atoms with Crippen LogP contribution in [0.4, 0.5) is 0 Å². The molecule has 4 nitrogen and oxygen atoms in total. The van der Waals surface area contributed by atoms with E-state index in [4.69, 9.17) is 4.74 Å². The number of aliphatic hydroxyl groups is 1. The molecule has 1 N–H and O–H groups in total. The number of benzene rings is 1. The lowest BCUT2D eigenvalue weighted by Gasteiger charge is -2.23. The second kappa shape index (κ2) is 5.44. The topological polar surface area (TPSA) is 49.8 Å². The van der Waals surface area contributed by atoms with Gasteiger partial charge < -0.3 is 14.7 Å². The van der Waals surface area contributed by atoms with Crippen LogP contribution in [0, 0.1) is 5.92 Å². The van der Waals surface area contributed by atoms with Crippen molar-refractivity contribution in [3.05, 3.63) is 29.8 Å². The first kappa shape index (κ1) is 13.4. The summed E-state index contributed by atoms with van der Waals surface area (Å²) in [5.41, 5.74) is 1.18. The van der Waals surface area contributed by atoms with Crippen molar-refractivity contribution in [1.29, 1.82) is 0 Å². The molecule has 1 aromatic rings. The van der Waals surface area contributed by atoms with E-state index in [-0.39, 0.29) is 24.5 Å². The number of amides is 1. The Morgan fingerprint density at radius 1 is 1.50 bits per heavy atom. The smallest absolute Gasteiger partial charge is 0.226 e. The minimum Gasteiger partial charge on any atom is -0.497 e. The first-order valence-corrected chi connectivity index (χ1v) is 7.30. The molecule has 20 heavy (non-hydrogen) atoms. The van der Waals surface area contributed by atoms with Crippen molar-refractivity contribution in [1.82, 2.24) is 4.90 Å². The summed E-state index contributed by atoms with van der Waals surface area (Å²) >= 11 is 0. The van der Waals surface area contributed by atoms with Gasteiger partial charge in [-0.2, -0.15) is 0 Å². The molecule has 1 amide bonds. The average molecular weight is 275 g/mol. The second-order valence-corrected chi connectivity index (χ2v) is 5.74. The highest BCUT2D eigenvalue weighted by molar-refractivity contribution is 5.83. The summed E-state index contributed by atoms with van der Waals surface area (Å²) in [7, 11) is 1.66. The summed E-state index contributed by atoms with van der Waals surface area (Å²) in [6.07, 6.45) is 2.85. The Morgan fingerprint density at radius 2 is 2.35 bits per heavy atom. The van der Waals surface area contributed by atoms with Gasteiger partial charge in [0.1, 0.15) is 5.75 Å². The Kier molecular flexibility index (Phi) is 3.66. The van der Waals surface area contributed by atoms with Gasteiger partial charge in [-0.25, -0.2) is 0 Å². The number of likely N-dealkylation sites (tertiary alicyclic amines) is 1. The highest BCUT2D eigenvalue weighted by atomic mass is 16.5. The molecular formula is C16H21NO3. The van der Waals surface area contributed by atoms with Crippen LogP contribution in [0.5, 0.6) is 5.75 Å². The highest BCUT2D eigenvalue weighted by Gasteiger charge is 2.47. The third kappa shape index (κ3) is 2.40. The van der Waals surface area contributed by atoms with Crippen molar-refractivity contribution >= 4 is 5.91 Å². The van der Waals surface area contributed by atoms with Crippen LogP contribution < -0.4 is 4.74 Å². The van der Waals surface area contributed by atoms with Crippen molar-refractivity contribution in [2.24, 2.45) is 5.92 Å². The summed E-state index contributed by atoms with van der Waals surface area (Å²) in [5.74, 6) is 1.47. The van der Waals surface area contributed by atoms with Gasteiger partial charge in [0, 0.05) is 12.5 Å². The molecule has 0 aromatic heterocycles. The lowest BCUT2D eigenvalue weighted by atomic mass is 10.1. The fraction of sp³-hybridized carbons (Fsp3) is 0.562. The quantitative estimate of drug-likeness (QED) is 0.911. The Bertz CT molecular complexity index is 502. The van der Waals surface area contributed by atoms with E-state index in [0.717, 1.165) is 31.6 Å². The number of aliphatic hydroxyl groups excluding tert-OH is 1. The van der Waals surface area contributed by atoms with Gasteiger partial charge >= 0.3 is 0 Å². The van der Waals surface area contributed by atoms with Crippen molar-refractivity contribution in [2.75, 3.05) is 20.3 Å². The molecule has 0 radical (unpaired) electrons. The van der Waals surface area contributed by atoms with E-state index >= 15 is 0 Å². The third-order valence-corrected chi connectivity index (χ3v) is 4.50. The van der Waals surface area contributed by atoms with E-state index in [2.05, 4.69) is 6.07 Å². The SMILES string of the molecule is COc1cccc([C@@H]2C[C@H]2C(=O)N2CCC[C@@H]2CO)c1. The van der Waals surface area contributed by atoms with Crippen LogP contribution in [0.3, 0.4) is 0 Å². The number of carbonyl (C=O) groups is 1. The molecule has 1 saturated carbocycles. The summed E-state index contributed by atoms with van der Waals surface area (Å²) in [4.78, 5) is 14.4. The van der Waals surface area contributed by atoms with Gasteiger partial charge in [0.05, 0.1) is 19.8 Å². The maximum Gasteiger partial charge on any atom is 0.226 e. The zero-order valence-electron chi connectivity index (χ0n) is 11.8. The van der Waals surface area contributed by atoms with Crippen LogP contribution >= 0.6 is 0 Å². The Morgan fingerprint density at radius 3 is 3.10 bits per heavy atom. The van der Waals surface area contributed by atoms with E-state index in [9.17, 15) is 9.90 Å². The minimum atomic E-state index is 0.0362. The Labute approximate surface area is 119 Å². The van der Waals surface area contributed by atoms with E-state index in [1.54, 1.807) is 7.11 Å². The maximum atomic E-state index is 12.5. The van der Waals surface area contributed by atoms with Gasteiger partial charge in [-0.1, -0.05) is 12.1 Å². The van der Waals surface area contributed by atoms with E-state index in [1.807, 2.05) is 23.1 Å². The molecule has 1 aromatic carbocycles. The molecule has 1 aliphatic carbocycles. The average Bonchev–Trinajstić information content (AvgIpc) is 3.15. The zero-order valence-corrected chi connectivity index (χ0v) is 11.8. The van der Waals surface area contributed by atoms with Crippen molar-refractivity contribution < 1.29 is 14.6 Å². The summed E-state index contributed by atoms with van der Waals surface area (Å²) in [5, 5.41) is 9.33. The standard InChI is InChI=1S/C16H21NO3/c1-20-13-6-2-4-11(8-13)14-9-15(14)16(19)17-7-3-5-12(17)10-18/h2,4,6,8,12,14-15,18H,3,5,7,9-10H2,1H3/t12-,14+,15-/m1/s1. The number of carbonyl (C=O) groups excluding carboxylic acids is 1. The monoisotopic (exact) mass is 275 g/mol. The number of methoxy groups -OCH3 is 1. The fourth-order valence-corrected chi connectivity index (χ4v) is 3.24. The van der Waals surface area contributed by atoms with Crippen LogP contribution in [0.1, 0.15) is 30.7 Å². The molecular weight excluding hydrogens is 254 g/mol. The first-order chi connectivity index (χ1) is 9.74. The summed E-state index contributed by atoms with van der Waals surface area (Å²) in [6.45, 7) is 0.883. The van der Waals surface area contributed by atoms with Crippen LogP contribution in [0.15, 0.2) is 24.3 Å². The second-order valence-electron chi connectivity index (χ2n) is 5.74. The molecule has 2 aliphatic rings. The number of ether oxygens (including phenoxy) is 1. The van der Waals surface area contributed by atoms with Crippen molar-refractivity contribution in [3.63, 3.8) is 0 Å². The molecule has 2 fully saturated rings. The number of hydrogen-bond acceptors (Lipinski definition) is 3. The lowest BCUT2D eigenvalue weighted by Crippen LogP contribution is -2.38. The highest BCUT2D eigenvalue weighted by Crippen LogP contribution is 2.49. The summed E-state index contributed by atoms with van der Waals surface area (Å²) < 4.78 is 5.23. The predicted molar refractivity (Wildman–Crippen MR) is 75.7 cm³/mol. The van der Waals surface area contributed by atoms with Crippen LogP contribution in [-0.2, 0) is 4.79 Å². The van der Waals surface area contributed by atoms with Crippen LogP contribution in [-0.4, -0.2) is 42.2 Å². The molecule has 1 heterocycles. The van der Waals surface area contributed by atoms with Gasteiger partial charge in [0.2, 0.25) is 5.91 Å². The molecule has 4 heteroatoms. The van der Waals surface area contributed by atoms with Gasteiger partial charge in [-0.05, 0) is 42.9 Å². The Hall–Kier alpha value is -1.55. The molecule has 0 bridgehead atoms. The molecule has 3 rings (SSSR count). The molecule has 1 saturated heterocycles. The van der Waals surface area contributed by atoms with Crippen LogP contribution in [0.2, 0.25) is 0 Å². The van der Waals surface area contributed by atoms with E-state index < -0.39 is 0 Å². The molecule has 1 aliphatic heterocycles. The van der Waals surface area contributed by atoms with Gasteiger partial charge in [0.15, 0.2) is 0 Å². The number of rotatable bonds is 4. The van der Waals surface area contributed by atoms with E-state index in [1.165, 1.54) is 5.56 Å². The lowest BCUT2D eigenvalue weighted by molar-refractivity contribution is -0.134. The van der Waals surface area contributed by atoms with Gasteiger partial charge in [-0.3, -0.25) is 4.79 Å². The number of hydrogen-bond donors (Lipinski definition) is 1. The van der Waals surface area contributed by atoms with Crippen LogP contribution in [0.25, 0.3) is 0 Å². The normalized spacial score (nSPS) is 28.5. The van der Waals surface area contributed by atoms with Crippen molar-refractivity contribution in [2.45, 2.75) is 31.2 Å². The van der Waals surface area contributed by atoms with Gasteiger partial charge in [0.25, 0.3) is 0 Å². The predicted octanol–water partition coefficient (Wildman–Crippen LogP) is 1.78. The zero-order chi connectivity index (χ0) is 14.1. The molecule has 3 atom stereocenters. The van der Waals surface area contributed by atoms with Gasteiger partial charge in [-0.15, -0.1) is 0 Å². The minimum absolute atomic E-state index is 0.0362.